The number of unbranched alkanes of at least 4 members (excludes halogenated alkanes) is 19. The molecule has 2 nitrogen and oxygen atoms in total. The number of hydrogen-bond acceptors (Lipinski definition) is 2. The monoisotopic (exact) mass is 453 g/mol. The van der Waals surface area contributed by atoms with Crippen LogP contribution in [-0.2, 0) is 0 Å². The Kier molecular flexibility index (Phi) is 27.1. The van der Waals surface area contributed by atoms with Crippen LogP contribution in [0.4, 0.5) is 0 Å². The first-order valence-corrected chi connectivity index (χ1v) is 15.2. The predicted octanol–water partition coefficient (Wildman–Crippen LogP) is 9.82. The highest BCUT2D eigenvalue weighted by Crippen LogP contribution is 2.15. The molecular formula is C30H64N2. The molecule has 0 saturated carbocycles. The first-order valence-electron chi connectivity index (χ1n) is 15.2. The van der Waals surface area contributed by atoms with Crippen molar-refractivity contribution in [1.29, 1.82) is 0 Å². The molecule has 32 heavy (non-hydrogen) atoms. The Labute approximate surface area is 204 Å². The Hall–Kier alpha value is -0.0800. The zero-order chi connectivity index (χ0) is 23.5. The van der Waals surface area contributed by atoms with Crippen LogP contribution in [0.2, 0.25) is 0 Å². The summed E-state index contributed by atoms with van der Waals surface area (Å²) in [6, 6.07) is 0.897. The molecule has 0 aromatic heterocycles. The van der Waals surface area contributed by atoms with E-state index >= 15 is 0 Å². The molecule has 0 fully saturated rings. The molecule has 0 spiro atoms. The van der Waals surface area contributed by atoms with Crippen LogP contribution in [0.25, 0.3) is 0 Å². The van der Waals surface area contributed by atoms with E-state index in [0.717, 1.165) is 0 Å². The quantitative estimate of drug-likeness (QED) is 0.122. The summed E-state index contributed by atoms with van der Waals surface area (Å²) in [6.45, 7) is 4.58. The summed E-state index contributed by atoms with van der Waals surface area (Å²) < 4.78 is 0. The average Bonchev–Trinajstić information content (AvgIpc) is 2.79. The number of rotatable bonds is 27. The summed E-state index contributed by atoms with van der Waals surface area (Å²) in [5.41, 5.74) is 12.6. The van der Waals surface area contributed by atoms with Crippen molar-refractivity contribution < 1.29 is 0 Å². The minimum Gasteiger partial charge on any atom is -0.328 e. The van der Waals surface area contributed by atoms with Crippen LogP contribution in [0.3, 0.4) is 0 Å². The van der Waals surface area contributed by atoms with Gasteiger partial charge >= 0.3 is 0 Å². The van der Waals surface area contributed by atoms with Crippen LogP contribution in [0.15, 0.2) is 0 Å². The maximum Gasteiger partial charge on any atom is 0.00388 e. The SMILES string of the molecule is CCCCCCCCCCC(N)CCCCCCCCC(N)CCCCCCCCCC. The van der Waals surface area contributed by atoms with Crippen LogP contribution in [0.1, 0.15) is 181 Å². The molecule has 4 N–H and O–H groups in total. The van der Waals surface area contributed by atoms with Gasteiger partial charge in [0.1, 0.15) is 0 Å². The molecule has 0 rings (SSSR count). The van der Waals surface area contributed by atoms with Crippen molar-refractivity contribution in [3.05, 3.63) is 0 Å². The summed E-state index contributed by atoms with van der Waals surface area (Å²) in [4.78, 5) is 0. The lowest BCUT2D eigenvalue weighted by Crippen LogP contribution is -2.19. The van der Waals surface area contributed by atoms with Gasteiger partial charge in [-0.15, -0.1) is 0 Å². The molecule has 0 aromatic rings. The van der Waals surface area contributed by atoms with Gasteiger partial charge < -0.3 is 11.5 Å². The van der Waals surface area contributed by atoms with Crippen LogP contribution in [0, 0.1) is 0 Å². The maximum atomic E-state index is 6.32. The van der Waals surface area contributed by atoms with Crippen molar-refractivity contribution >= 4 is 0 Å². The molecule has 0 radical (unpaired) electrons. The van der Waals surface area contributed by atoms with E-state index in [0.29, 0.717) is 12.1 Å². The van der Waals surface area contributed by atoms with Crippen molar-refractivity contribution in [2.45, 2.75) is 193 Å². The van der Waals surface area contributed by atoms with Gasteiger partial charge in [0.05, 0.1) is 0 Å². The van der Waals surface area contributed by atoms with Gasteiger partial charge in [-0.25, -0.2) is 0 Å². The summed E-state index contributed by atoms with van der Waals surface area (Å²) in [5.74, 6) is 0. The Morgan fingerprint density at radius 2 is 0.500 bits per heavy atom. The van der Waals surface area contributed by atoms with Gasteiger partial charge in [0, 0.05) is 12.1 Å². The second-order valence-corrected chi connectivity index (χ2v) is 10.7. The third kappa shape index (κ3) is 26.2. The Morgan fingerprint density at radius 1 is 0.312 bits per heavy atom. The van der Waals surface area contributed by atoms with Gasteiger partial charge in [0.2, 0.25) is 0 Å². The minimum atomic E-state index is 0.449. The van der Waals surface area contributed by atoms with Gasteiger partial charge in [-0.2, -0.15) is 0 Å². The fourth-order valence-corrected chi connectivity index (χ4v) is 4.89. The molecule has 2 heteroatoms. The second-order valence-electron chi connectivity index (χ2n) is 10.7. The third-order valence-electron chi connectivity index (χ3n) is 7.26. The molecular weight excluding hydrogens is 388 g/mol. The lowest BCUT2D eigenvalue weighted by molar-refractivity contribution is 0.468. The summed E-state index contributed by atoms with van der Waals surface area (Å²) in [7, 11) is 0. The highest BCUT2D eigenvalue weighted by molar-refractivity contribution is 4.64. The highest BCUT2D eigenvalue weighted by Gasteiger charge is 2.04. The van der Waals surface area contributed by atoms with E-state index in [1.807, 2.05) is 0 Å². The fourth-order valence-electron chi connectivity index (χ4n) is 4.89. The second kappa shape index (κ2) is 27.2. The first kappa shape index (κ1) is 31.9. The predicted molar refractivity (Wildman–Crippen MR) is 147 cm³/mol. The third-order valence-corrected chi connectivity index (χ3v) is 7.26. The smallest absolute Gasteiger partial charge is 0.00388 e. The molecule has 2 atom stereocenters. The van der Waals surface area contributed by atoms with E-state index in [9.17, 15) is 0 Å². The van der Waals surface area contributed by atoms with Gasteiger partial charge in [-0.3, -0.25) is 0 Å². The zero-order valence-electron chi connectivity index (χ0n) is 22.7. The largest absolute Gasteiger partial charge is 0.328 e. The molecule has 0 bridgehead atoms. The summed E-state index contributed by atoms with van der Waals surface area (Å²) >= 11 is 0. The lowest BCUT2D eigenvalue weighted by atomic mass is 9.99. The van der Waals surface area contributed by atoms with E-state index in [4.69, 9.17) is 11.5 Å². The average molecular weight is 453 g/mol. The summed E-state index contributed by atoms with van der Waals surface area (Å²) in [6.07, 6.45) is 35.5. The maximum absolute atomic E-state index is 6.32. The van der Waals surface area contributed by atoms with Crippen molar-refractivity contribution in [2.75, 3.05) is 0 Å². The van der Waals surface area contributed by atoms with Gasteiger partial charge in [0.25, 0.3) is 0 Å². The summed E-state index contributed by atoms with van der Waals surface area (Å²) in [5, 5.41) is 0. The van der Waals surface area contributed by atoms with Gasteiger partial charge in [0.15, 0.2) is 0 Å². The molecule has 0 aliphatic carbocycles. The van der Waals surface area contributed by atoms with Crippen LogP contribution in [-0.4, -0.2) is 12.1 Å². The Balaban J connectivity index is 3.24. The van der Waals surface area contributed by atoms with Crippen LogP contribution < -0.4 is 11.5 Å². The van der Waals surface area contributed by atoms with E-state index in [2.05, 4.69) is 13.8 Å². The van der Waals surface area contributed by atoms with Crippen molar-refractivity contribution in [2.24, 2.45) is 11.5 Å². The molecule has 0 amide bonds. The molecule has 194 valence electrons. The molecule has 2 unspecified atom stereocenters. The van der Waals surface area contributed by atoms with E-state index in [1.165, 1.54) is 167 Å². The standard InChI is InChI=1S/C30H64N2/c1-3-5-7-9-11-13-17-21-25-29(31)27-23-19-15-16-20-24-28-30(32)26-22-18-14-12-10-8-6-4-2/h29-30H,3-28,31-32H2,1-2H3. The van der Waals surface area contributed by atoms with Gasteiger partial charge in [-0.1, -0.05) is 155 Å². The van der Waals surface area contributed by atoms with Crippen LogP contribution >= 0.6 is 0 Å². The highest BCUT2D eigenvalue weighted by atomic mass is 14.6. The van der Waals surface area contributed by atoms with Crippen molar-refractivity contribution in [3.8, 4) is 0 Å². The van der Waals surface area contributed by atoms with Crippen molar-refractivity contribution in [1.82, 2.24) is 0 Å². The molecule has 0 aliphatic rings. The van der Waals surface area contributed by atoms with E-state index in [1.54, 1.807) is 0 Å². The van der Waals surface area contributed by atoms with Crippen molar-refractivity contribution in [3.63, 3.8) is 0 Å². The van der Waals surface area contributed by atoms with Crippen LogP contribution in [0.5, 0.6) is 0 Å². The molecule has 0 saturated heterocycles. The Bertz CT molecular complexity index is 299. The van der Waals surface area contributed by atoms with E-state index < -0.39 is 0 Å². The van der Waals surface area contributed by atoms with E-state index in [-0.39, 0.29) is 0 Å². The number of nitrogens with two attached hydrogens (primary N) is 2. The molecule has 0 aromatic carbocycles. The zero-order valence-corrected chi connectivity index (χ0v) is 22.7. The molecule has 0 aliphatic heterocycles. The Morgan fingerprint density at radius 3 is 0.719 bits per heavy atom. The topological polar surface area (TPSA) is 52.0 Å². The fraction of sp³-hybridized carbons (Fsp3) is 1.00. The number of hydrogen-bond donors (Lipinski definition) is 2. The lowest BCUT2D eigenvalue weighted by Gasteiger charge is -2.12. The minimum absolute atomic E-state index is 0.449. The normalized spacial score (nSPS) is 13.5. The molecule has 0 heterocycles. The van der Waals surface area contributed by atoms with Gasteiger partial charge in [-0.05, 0) is 25.7 Å². The first-order chi connectivity index (χ1) is 15.7.